The van der Waals surface area contributed by atoms with Crippen molar-refractivity contribution in [2.45, 2.75) is 27.2 Å². The molecular weight excluding hydrogens is 198 g/mol. The van der Waals surface area contributed by atoms with Gasteiger partial charge in [0.2, 0.25) is 0 Å². The summed E-state index contributed by atoms with van der Waals surface area (Å²) < 4.78 is 0. The van der Waals surface area contributed by atoms with E-state index in [-0.39, 0.29) is 0 Å². The molecule has 16 heavy (non-hydrogen) atoms. The van der Waals surface area contributed by atoms with Crippen LogP contribution in [0.2, 0.25) is 0 Å². The second kappa shape index (κ2) is 5.73. The summed E-state index contributed by atoms with van der Waals surface area (Å²) in [5, 5.41) is 3.47. The van der Waals surface area contributed by atoms with Crippen molar-refractivity contribution in [3.63, 3.8) is 0 Å². The molecule has 3 heteroatoms. The van der Waals surface area contributed by atoms with Crippen LogP contribution in [0.15, 0.2) is 12.1 Å². The molecule has 1 heterocycles. The zero-order chi connectivity index (χ0) is 12.1. The summed E-state index contributed by atoms with van der Waals surface area (Å²) in [5.41, 5.74) is 2.17. The maximum atomic E-state index is 4.54. The van der Waals surface area contributed by atoms with E-state index in [0.717, 1.165) is 23.7 Å². The number of anilines is 2. The highest BCUT2D eigenvalue weighted by Crippen LogP contribution is 2.22. The van der Waals surface area contributed by atoms with E-state index >= 15 is 0 Å². The average Bonchev–Trinajstić information content (AvgIpc) is 2.26. The minimum atomic E-state index is 0.691. The first-order valence-corrected chi connectivity index (χ1v) is 5.93. The number of hydrogen-bond acceptors (Lipinski definition) is 3. The molecule has 1 unspecified atom stereocenters. The molecule has 0 fully saturated rings. The molecule has 90 valence electrons. The number of hydrogen-bond donors (Lipinski definition) is 1. The Kier molecular flexibility index (Phi) is 4.59. The third kappa shape index (κ3) is 3.40. The molecule has 1 N–H and O–H groups in total. The van der Waals surface area contributed by atoms with E-state index in [0.29, 0.717) is 5.92 Å². The van der Waals surface area contributed by atoms with Gasteiger partial charge in [-0.25, -0.2) is 4.98 Å². The topological polar surface area (TPSA) is 28.2 Å². The van der Waals surface area contributed by atoms with Gasteiger partial charge in [0.15, 0.2) is 5.82 Å². The van der Waals surface area contributed by atoms with Crippen LogP contribution in [-0.2, 0) is 0 Å². The van der Waals surface area contributed by atoms with E-state index in [2.05, 4.69) is 30.2 Å². The van der Waals surface area contributed by atoms with Gasteiger partial charge in [-0.1, -0.05) is 20.3 Å². The molecular formula is C13H23N3. The van der Waals surface area contributed by atoms with Crippen LogP contribution in [0.5, 0.6) is 0 Å². The molecule has 0 aliphatic rings. The van der Waals surface area contributed by atoms with Gasteiger partial charge in [0.1, 0.15) is 0 Å². The van der Waals surface area contributed by atoms with E-state index in [9.17, 15) is 0 Å². The van der Waals surface area contributed by atoms with Gasteiger partial charge in [-0.15, -0.1) is 0 Å². The molecule has 0 aromatic carbocycles. The van der Waals surface area contributed by atoms with Crippen molar-refractivity contribution in [3.05, 3.63) is 17.8 Å². The van der Waals surface area contributed by atoms with Crippen molar-refractivity contribution < 1.29 is 0 Å². The van der Waals surface area contributed by atoms with Crippen LogP contribution in [0.1, 0.15) is 26.0 Å². The Bertz CT molecular complexity index is 334. The van der Waals surface area contributed by atoms with Gasteiger partial charge < -0.3 is 10.2 Å². The third-order valence-electron chi connectivity index (χ3n) is 2.78. The lowest BCUT2D eigenvalue weighted by atomic mass is 10.1. The predicted molar refractivity (Wildman–Crippen MR) is 71.2 cm³/mol. The monoisotopic (exact) mass is 221 g/mol. The minimum Gasteiger partial charge on any atom is -0.382 e. The number of aryl methyl sites for hydroxylation is 1. The molecule has 1 aromatic rings. The highest BCUT2D eigenvalue weighted by Gasteiger charge is 2.07. The maximum Gasteiger partial charge on any atom is 0.151 e. The Labute approximate surface area is 98.9 Å². The highest BCUT2D eigenvalue weighted by molar-refractivity contribution is 5.65. The van der Waals surface area contributed by atoms with Gasteiger partial charge in [0.25, 0.3) is 0 Å². The van der Waals surface area contributed by atoms with Crippen LogP contribution in [0.25, 0.3) is 0 Å². The number of nitrogens with one attached hydrogen (secondary N) is 1. The molecule has 0 aliphatic carbocycles. The van der Waals surface area contributed by atoms with Gasteiger partial charge in [-0.05, 0) is 25.0 Å². The van der Waals surface area contributed by atoms with Crippen LogP contribution >= 0.6 is 0 Å². The molecule has 3 nitrogen and oxygen atoms in total. The Morgan fingerprint density at radius 2 is 2.06 bits per heavy atom. The molecule has 1 rings (SSSR count). The molecule has 0 saturated carbocycles. The van der Waals surface area contributed by atoms with E-state index in [1.807, 2.05) is 32.0 Å². The number of pyridine rings is 1. The molecule has 0 spiro atoms. The summed E-state index contributed by atoms with van der Waals surface area (Å²) >= 11 is 0. The Balaban J connectivity index is 2.78. The normalized spacial score (nSPS) is 12.3. The minimum absolute atomic E-state index is 0.691. The number of nitrogens with zero attached hydrogens (tertiary/aromatic N) is 2. The van der Waals surface area contributed by atoms with Crippen LogP contribution in [0.4, 0.5) is 11.5 Å². The Morgan fingerprint density at radius 1 is 1.38 bits per heavy atom. The van der Waals surface area contributed by atoms with E-state index < -0.39 is 0 Å². The Morgan fingerprint density at radius 3 is 2.62 bits per heavy atom. The van der Waals surface area contributed by atoms with Crippen LogP contribution in [0, 0.1) is 12.8 Å². The van der Waals surface area contributed by atoms with Crippen LogP contribution < -0.4 is 10.2 Å². The van der Waals surface area contributed by atoms with Crippen LogP contribution in [-0.4, -0.2) is 25.6 Å². The first-order valence-electron chi connectivity index (χ1n) is 5.93. The summed E-state index contributed by atoms with van der Waals surface area (Å²) in [5.74, 6) is 1.71. The van der Waals surface area contributed by atoms with Gasteiger partial charge in [0.05, 0.1) is 5.69 Å². The first kappa shape index (κ1) is 12.8. The lowest BCUT2D eigenvalue weighted by Crippen LogP contribution is -2.17. The van der Waals surface area contributed by atoms with Crippen molar-refractivity contribution >= 4 is 11.5 Å². The van der Waals surface area contributed by atoms with E-state index in [1.165, 1.54) is 6.42 Å². The van der Waals surface area contributed by atoms with Gasteiger partial charge in [-0.2, -0.15) is 0 Å². The summed E-state index contributed by atoms with van der Waals surface area (Å²) in [4.78, 5) is 6.59. The maximum absolute atomic E-state index is 4.54. The SMILES string of the molecule is CCC(C)CNc1ccc(C)nc1N(C)C. The fourth-order valence-corrected chi connectivity index (χ4v) is 1.45. The lowest BCUT2D eigenvalue weighted by Gasteiger charge is -2.19. The largest absolute Gasteiger partial charge is 0.382 e. The van der Waals surface area contributed by atoms with E-state index in [1.54, 1.807) is 0 Å². The van der Waals surface area contributed by atoms with Gasteiger partial charge in [-0.3, -0.25) is 0 Å². The Hall–Kier alpha value is -1.25. The molecule has 0 bridgehead atoms. The van der Waals surface area contributed by atoms with Crippen molar-refractivity contribution in [2.75, 3.05) is 30.9 Å². The summed E-state index contributed by atoms with van der Waals surface area (Å²) in [6.07, 6.45) is 1.20. The van der Waals surface area contributed by atoms with Crippen molar-refractivity contribution in [3.8, 4) is 0 Å². The lowest BCUT2D eigenvalue weighted by molar-refractivity contribution is 0.593. The molecule has 1 aromatic heterocycles. The second-order valence-corrected chi connectivity index (χ2v) is 4.61. The van der Waals surface area contributed by atoms with Crippen molar-refractivity contribution in [1.29, 1.82) is 0 Å². The summed E-state index contributed by atoms with van der Waals surface area (Å²) in [6.45, 7) is 7.49. The average molecular weight is 221 g/mol. The summed E-state index contributed by atoms with van der Waals surface area (Å²) in [6, 6.07) is 4.16. The molecule has 0 radical (unpaired) electrons. The zero-order valence-electron chi connectivity index (χ0n) is 11.0. The van der Waals surface area contributed by atoms with Crippen molar-refractivity contribution in [1.82, 2.24) is 4.98 Å². The number of aromatic nitrogens is 1. The molecule has 0 saturated heterocycles. The smallest absolute Gasteiger partial charge is 0.151 e. The number of rotatable bonds is 5. The van der Waals surface area contributed by atoms with Gasteiger partial charge >= 0.3 is 0 Å². The first-order chi connectivity index (χ1) is 7.54. The van der Waals surface area contributed by atoms with E-state index in [4.69, 9.17) is 0 Å². The molecule has 0 aliphatic heterocycles. The van der Waals surface area contributed by atoms with Crippen molar-refractivity contribution in [2.24, 2.45) is 5.92 Å². The molecule has 0 amide bonds. The predicted octanol–water partition coefficient (Wildman–Crippen LogP) is 2.91. The molecule has 1 atom stereocenters. The van der Waals surface area contributed by atoms with Crippen LogP contribution in [0.3, 0.4) is 0 Å². The highest BCUT2D eigenvalue weighted by atomic mass is 15.2. The zero-order valence-corrected chi connectivity index (χ0v) is 11.0. The summed E-state index contributed by atoms with van der Waals surface area (Å²) in [7, 11) is 4.05. The fraction of sp³-hybridized carbons (Fsp3) is 0.615. The third-order valence-corrected chi connectivity index (χ3v) is 2.78. The fourth-order valence-electron chi connectivity index (χ4n) is 1.45. The second-order valence-electron chi connectivity index (χ2n) is 4.61. The standard InChI is InChI=1S/C13H23N3/c1-6-10(2)9-14-12-8-7-11(3)15-13(12)16(4)5/h7-8,10,14H,6,9H2,1-5H3. The van der Waals surface area contributed by atoms with Gasteiger partial charge in [0, 0.05) is 26.3 Å². The quantitative estimate of drug-likeness (QED) is 0.828.